The average Bonchev–Trinajstić information content (AvgIpc) is 2.60. The molecule has 0 heterocycles. The number of benzene rings is 1. The fraction of sp³-hybridized carbons (Fsp3) is 0.429. The van der Waals surface area contributed by atoms with Gasteiger partial charge in [0.15, 0.2) is 0 Å². The molecular weight excluding hydrogens is 264 g/mol. The number of hydrogen-bond acceptors (Lipinski definition) is 1. The van der Waals surface area contributed by atoms with Crippen molar-refractivity contribution in [1.29, 1.82) is 0 Å². The molecule has 1 aromatic rings. The van der Waals surface area contributed by atoms with Crippen molar-refractivity contribution in [3.63, 3.8) is 0 Å². The van der Waals surface area contributed by atoms with Crippen molar-refractivity contribution in [3.05, 3.63) is 33.1 Å². The molecule has 1 fully saturated rings. The normalized spacial score (nSPS) is 32.0. The summed E-state index contributed by atoms with van der Waals surface area (Å²) in [6.45, 7) is 0. The van der Waals surface area contributed by atoms with Gasteiger partial charge in [0.25, 0.3) is 0 Å². The van der Waals surface area contributed by atoms with Gasteiger partial charge in [-0.15, -0.1) is 0 Å². The molecule has 0 unspecified atom stereocenters. The van der Waals surface area contributed by atoms with Gasteiger partial charge >= 0.3 is 0 Å². The first kappa shape index (κ1) is 10.5. The van der Waals surface area contributed by atoms with Gasteiger partial charge in [0.2, 0.25) is 0 Å². The Morgan fingerprint density at radius 1 is 1.12 bits per heavy atom. The minimum absolute atomic E-state index is 0.0807. The predicted octanol–water partition coefficient (Wildman–Crippen LogP) is 1.95. The van der Waals surface area contributed by atoms with E-state index in [2.05, 4.69) is 46.3 Å². The summed E-state index contributed by atoms with van der Waals surface area (Å²) in [5.41, 5.74) is 0.225. The maximum Gasteiger partial charge on any atom is 0.0541 e. The fourth-order valence-corrected chi connectivity index (χ4v) is 3.27. The summed E-state index contributed by atoms with van der Waals surface area (Å²) in [5.74, 6) is 0. The Kier molecular flexibility index (Phi) is 2.45. The van der Waals surface area contributed by atoms with Gasteiger partial charge in [0, 0.05) is 9.89 Å². The molecule has 1 N–H and O–H groups in total. The van der Waals surface area contributed by atoms with Crippen LogP contribution in [0, 0.1) is 5.41 Å². The summed E-state index contributed by atoms with van der Waals surface area (Å²) in [7, 11) is 0. The zero-order valence-electron chi connectivity index (χ0n) is 9.12. The van der Waals surface area contributed by atoms with Crippen LogP contribution in [0.3, 0.4) is 0 Å². The van der Waals surface area contributed by atoms with Gasteiger partial charge in [-0.1, -0.05) is 34.1 Å². The van der Waals surface area contributed by atoms with Crippen molar-refractivity contribution in [2.75, 3.05) is 0 Å². The summed E-state index contributed by atoms with van der Waals surface area (Å²) in [6, 6.07) is 6.46. The van der Waals surface area contributed by atoms with E-state index < -0.39 is 0 Å². The molecule has 2 heteroatoms. The van der Waals surface area contributed by atoms with Crippen LogP contribution in [0.5, 0.6) is 0 Å². The molecular formula is C14H15BrO. The molecule has 2 aliphatic carbocycles. The number of halogens is 1. The van der Waals surface area contributed by atoms with Crippen molar-refractivity contribution >= 4 is 28.1 Å². The van der Waals surface area contributed by atoms with E-state index in [1.54, 1.807) is 0 Å². The molecule has 0 aromatic heterocycles. The second-order valence-electron chi connectivity index (χ2n) is 5.03. The summed E-state index contributed by atoms with van der Waals surface area (Å²) >= 11 is 3.51. The van der Waals surface area contributed by atoms with Gasteiger partial charge in [-0.25, -0.2) is 0 Å². The monoisotopic (exact) mass is 278 g/mol. The standard InChI is InChI=1S/C14H15BrO/c15-12-2-1-10-8-14(9-11(10)7-12)5-3-13(16)4-6-14/h1-2,7-9,13,16H,3-6H2. The van der Waals surface area contributed by atoms with Gasteiger partial charge in [-0.2, -0.15) is 0 Å². The molecule has 0 saturated heterocycles. The third kappa shape index (κ3) is 1.74. The van der Waals surface area contributed by atoms with Crippen LogP contribution in [0.1, 0.15) is 25.7 Å². The predicted molar refractivity (Wildman–Crippen MR) is 69.2 cm³/mol. The van der Waals surface area contributed by atoms with E-state index in [1.165, 1.54) is 10.4 Å². The maximum absolute atomic E-state index is 9.58. The molecule has 0 aliphatic heterocycles. The first-order chi connectivity index (χ1) is 7.67. The SMILES string of the molecule is OC1CCC2(C=c3ccc(Br)cc3=C2)CC1. The second kappa shape index (κ2) is 3.71. The van der Waals surface area contributed by atoms with E-state index in [4.69, 9.17) is 0 Å². The number of fused-ring (bicyclic) bond motifs is 1. The van der Waals surface area contributed by atoms with E-state index in [0.717, 1.165) is 30.2 Å². The van der Waals surface area contributed by atoms with Crippen molar-refractivity contribution < 1.29 is 5.11 Å². The van der Waals surface area contributed by atoms with Gasteiger partial charge in [-0.05, 0) is 48.3 Å². The summed E-state index contributed by atoms with van der Waals surface area (Å²) < 4.78 is 1.14. The van der Waals surface area contributed by atoms with E-state index in [9.17, 15) is 5.11 Å². The van der Waals surface area contributed by atoms with Gasteiger partial charge in [0.1, 0.15) is 0 Å². The van der Waals surface area contributed by atoms with Crippen LogP contribution in [-0.4, -0.2) is 11.2 Å². The van der Waals surface area contributed by atoms with Crippen LogP contribution in [0.25, 0.3) is 12.2 Å². The van der Waals surface area contributed by atoms with Crippen molar-refractivity contribution in [2.24, 2.45) is 5.41 Å². The van der Waals surface area contributed by atoms with Crippen LogP contribution in [-0.2, 0) is 0 Å². The van der Waals surface area contributed by atoms with Crippen LogP contribution < -0.4 is 10.4 Å². The Hall–Kier alpha value is -0.600. The molecule has 1 nitrogen and oxygen atoms in total. The topological polar surface area (TPSA) is 20.2 Å². The lowest BCUT2D eigenvalue weighted by Crippen LogP contribution is -2.25. The molecule has 1 saturated carbocycles. The Labute approximate surface area is 104 Å². The van der Waals surface area contributed by atoms with Crippen LogP contribution >= 0.6 is 15.9 Å². The van der Waals surface area contributed by atoms with Crippen LogP contribution in [0.15, 0.2) is 22.7 Å². The third-order valence-corrected chi connectivity index (χ3v) is 4.31. The van der Waals surface area contributed by atoms with Gasteiger partial charge in [0.05, 0.1) is 6.10 Å². The minimum Gasteiger partial charge on any atom is -0.393 e. The minimum atomic E-state index is -0.0807. The largest absolute Gasteiger partial charge is 0.393 e. The highest BCUT2D eigenvalue weighted by Crippen LogP contribution is 2.40. The molecule has 3 rings (SSSR count). The summed E-state index contributed by atoms with van der Waals surface area (Å²) in [5, 5.41) is 12.3. The average molecular weight is 279 g/mol. The highest BCUT2D eigenvalue weighted by Gasteiger charge is 2.32. The quantitative estimate of drug-likeness (QED) is 0.769. The number of rotatable bonds is 0. The number of hydrogen-bond donors (Lipinski definition) is 1. The Balaban J connectivity index is 2.03. The Morgan fingerprint density at radius 2 is 1.81 bits per heavy atom. The highest BCUT2D eigenvalue weighted by molar-refractivity contribution is 9.10. The van der Waals surface area contributed by atoms with Crippen LogP contribution in [0.2, 0.25) is 0 Å². The lowest BCUT2D eigenvalue weighted by atomic mass is 9.74. The highest BCUT2D eigenvalue weighted by atomic mass is 79.9. The van der Waals surface area contributed by atoms with Gasteiger partial charge < -0.3 is 5.11 Å². The summed E-state index contributed by atoms with van der Waals surface area (Å²) in [6.07, 6.45) is 8.73. The van der Waals surface area contributed by atoms with Gasteiger partial charge in [-0.3, -0.25) is 0 Å². The second-order valence-corrected chi connectivity index (χ2v) is 5.94. The Bertz CT molecular complexity index is 524. The van der Waals surface area contributed by atoms with E-state index >= 15 is 0 Å². The van der Waals surface area contributed by atoms with Crippen molar-refractivity contribution in [3.8, 4) is 0 Å². The summed E-state index contributed by atoms with van der Waals surface area (Å²) in [4.78, 5) is 0. The van der Waals surface area contributed by atoms with E-state index in [-0.39, 0.29) is 11.5 Å². The number of aliphatic hydroxyl groups excluding tert-OH is 1. The molecule has 84 valence electrons. The molecule has 0 bridgehead atoms. The molecule has 0 atom stereocenters. The van der Waals surface area contributed by atoms with Crippen molar-refractivity contribution in [1.82, 2.24) is 0 Å². The van der Waals surface area contributed by atoms with Crippen molar-refractivity contribution in [2.45, 2.75) is 31.8 Å². The zero-order chi connectivity index (χ0) is 11.2. The third-order valence-electron chi connectivity index (χ3n) is 3.82. The Morgan fingerprint density at radius 3 is 2.56 bits per heavy atom. The van der Waals surface area contributed by atoms with E-state index in [1.807, 2.05) is 0 Å². The molecule has 0 radical (unpaired) electrons. The smallest absolute Gasteiger partial charge is 0.0541 e. The molecule has 1 aromatic carbocycles. The fourth-order valence-electron chi connectivity index (χ4n) is 2.89. The zero-order valence-corrected chi connectivity index (χ0v) is 10.7. The maximum atomic E-state index is 9.58. The van der Waals surface area contributed by atoms with Crippen LogP contribution in [0.4, 0.5) is 0 Å². The lowest BCUT2D eigenvalue weighted by Gasteiger charge is -2.32. The van der Waals surface area contributed by atoms with E-state index in [0.29, 0.717) is 0 Å². The lowest BCUT2D eigenvalue weighted by molar-refractivity contribution is 0.108. The number of aliphatic hydroxyl groups is 1. The molecule has 16 heavy (non-hydrogen) atoms. The molecule has 1 spiro atoms. The first-order valence-electron chi connectivity index (χ1n) is 5.86. The molecule has 2 aliphatic rings. The first-order valence-corrected chi connectivity index (χ1v) is 6.66. The molecule has 0 amide bonds.